The number of morpholine rings is 1. The quantitative estimate of drug-likeness (QED) is 0.851. The maximum Gasteiger partial charge on any atom is 0.272 e. The van der Waals surface area contributed by atoms with Gasteiger partial charge in [-0.1, -0.05) is 0 Å². The number of carbonyl (C=O) groups is 2. The Hall–Kier alpha value is -2.74. The molecule has 8 nitrogen and oxygen atoms in total. The number of likely N-dealkylation sites (N-methyl/N-ethyl adjacent to an activating group) is 1. The zero-order chi connectivity index (χ0) is 17.2. The van der Waals surface area contributed by atoms with Crippen LogP contribution in [-0.4, -0.2) is 64.2 Å². The summed E-state index contributed by atoms with van der Waals surface area (Å²) in [5.74, 6) is -0.461. The van der Waals surface area contributed by atoms with Crippen LogP contribution >= 0.6 is 0 Å². The van der Waals surface area contributed by atoms with Gasteiger partial charge in [-0.2, -0.15) is 5.10 Å². The van der Waals surface area contributed by atoms with Crippen molar-refractivity contribution < 1.29 is 14.3 Å². The van der Waals surface area contributed by atoms with Crippen LogP contribution in [0.2, 0.25) is 0 Å². The van der Waals surface area contributed by atoms with Crippen LogP contribution in [0.3, 0.4) is 0 Å². The Balaban J connectivity index is 1.77. The molecule has 1 atom stereocenters. The molecule has 1 fully saturated rings. The predicted molar refractivity (Wildman–Crippen MR) is 86.1 cm³/mol. The monoisotopic (exact) mass is 329 g/mol. The summed E-state index contributed by atoms with van der Waals surface area (Å²) in [7, 11) is 1.55. The van der Waals surface area contributed by atoms with E-state index in [-0.39, 0.29) is 18.4 Å². The van der Waals surface area contributed by atoms with Gasteiger partial charge in [0.2, 0.25) is 0 Å². The van der Waals surface area contributed by atoms with E-state index in [0.29, 0.717) is 24.5 Å². The smallest absolute Gasteiger partial charge is 0.272 e. The molecule has 24 heavy (non-hydrogen) atoms. The molecule has 0 saturated carbocycles. The summed E-state index contributed by atoms with van der Waals surface area (Å²) in [5.41, 5.74) is 0.795. The van der Waals surface area contributed by atoms with Crippen LogP contribution in [0.15, 0.2) is 30.6 Å². The van der Waals surface area contributed by atoms with Gasteiger partial charge in [-0.05, 0) is 25.1 Å². The van der Waals surface area contributed by atoms with Crippen LogP contribution in [0.4, 0.5) is 0 Å². The average Bonchev–Trinajstić information content (AvgIpc) is 3.11. The maximum absolute atomic E-state index is 12.7. The number of nitrogens with zero attached hydrogens (tertiary/aromatic N) is 3. The number of aromatic nitrogens is 3. The number of rotatable bonds is 3. The van der Waals surface area contributed by atoms with Crippen LogP contribution in [0.25, 0.3) is 11.3 Å². The van der Waals surface area contributed by atoms with Crippen molar-refractivity contribution in [2.75, 3.05) is 26.7 Å². The lowest BCUT2D eigenvalue weighted by Crippen LogP contribution is -2.58. The van der Waals surface area contributed by atoms with Crippen LogP contribution in [-0.2, 0) is 9.53 Å². The van der Waals surface area contributed by atoms with E-state index in [1.54, 1.807) is 37.3 Å². The summed E-state index contributed by atoms with van der Waals surface area (Å²) in [6.07, 6.45) is 3.36. The molecular formula is C16H19N5O3. The molecule has 3 rings (SSSR count). The van der Waals surface area contributed by atoms with Gasteiger partial charge in [-0.15, -0.1) is 0 Å². The molecule has 2 aromatic rings. The standard InChI is InChI=1S/C16H19N5O3/c1-16(15(23)17-2)10-21(6-7-24-16)14(22)13-8-12(19-20-13)11-4-3-5-18-9-11/h3-5,8-9H,6-7,10H2,1-2H3,(H,17,23)(H,19,20). The van der Waals surface area contributed by atoms with Gasteiger partial charge in [-0.3, -0.25) is 19.7 Å². The zero-order valence-electron chi connectivity index (χ0n) is 13.6. The van der Waals surface area contributed by atoms with Crippen molar-refractivity contribution in [3.05, 3.63) is 36.3 Å². The highest BCUT2D eigenvalue weighted by atomic mass is 16.5. The number of hydrogen-bond acceptors (Lipinski definition) is 5. The fourth-order valence-corrected chi connectivity index (χ4v) is 2.71. The molecule has 1 aliphatic heterocycles. The third-order valence-electron chi connectivity index (χ3n) is 4.03. The van der Waals surface area contributed by atoms with Gasteiger partial charge < -0.3 is 15.0 Å². The highest BCUT2D eigenvalue weighted by Crippen LogP contribution is 2.21. The molecule has 1 saturated heterocycles. The van der Waals surface area contributed by atoms with Crippen molar-refractivity contribution in [1.29, 1.82) is 0 Å². The molecule has 2 amide bonds. The highest BCUT2D eigenvalue weighted by Gasteiger charge is 2.40. The maximum atomic E-state index is 12.7. The molecular weight excluding hydrogens is 310 g/mol. The molecule has 1 unspecified atom stereocenters. The summed E-state index contributed by atoms with van der Waals surface area (Å²) < 4.78 is 5.57. The van der Waals surface area contributed by atoms with Crippen molar-refractivity contribution in [3.63, 3.8) is 0 Å². The van der Waals surface area contributed by atoms with E-state index in [9.17, 15) is 9.59 Å². The minimum atomic E-state index is -1.05. The lowest BCUT2D eigenvalue weighted by atomic mass is 10.0. The van der Waals surface area contributed by atoms with Crippen molar-refractivity contribution in [3.8, 4) is 11.3 Å². The van der Waals surface area contributed by atoms with Crippen LogP contribution in [0.1, 0.15) is 17.4 Å². The molecule has 0 spiro atoms. The molecule has 2 N–H and O–H groups in total. The number of ether oxygens (including phenoxy) is 1. The second-order valence-corrected chi connectivity index (χ2v) is 5.79. The topological polar surface area (TPSA) is 100 Å². The molecule has 126 valence electrons. The van der Waals surface area contributed by atoms with Crippen molar-refractivity contribution in [2.45, 2.75) is 12.5 Å². The second kappa shape index (κ2) is 6.40. The number of H-pyrrole nitrogens is 1. The molecule has 1 aliphatic rings. The van der Waals surface area contributed by atoms with Gasteiger partial charge in [0.25, 0.3) is 11.8 Å². The molecule has 8 heteroatoms. The highest BCUT2D eigenvalue weighted by molar-refractivity contribution is 5.94. The normalized spacial score (nSPS) is 20.7. The first-order chi connectivity index (χ1) is 11.5. The first kappa shape index (κ1) is 16.1. The number of aromatic amines is 1. The van der Waals surface area contributed by atoms with Gasteiger partial charge >= 0.3 is 0 Å². The predicted octanol–water partition coefficient (Wildman–Crippen LogP) is 0.449. The van der Waals surface area contributed by atoms with Crippen molar-refractivity contribution in [1.82, 2.24) is 25.4 Å². The Bertz CT molecular complexity index is 745. The molecule has 2 aromatic heterocycles. The summed E-state index contributed by atoms with van der Waals surface area (Å²) >= 11 is 0. The van der Waals surface area contributed by atoms with Crippen LogP contribution < -0.4 is 5.32 Å². The SMILES string of the molecule is CNC(=O)C1(C)CN(C(=O)c2cc(-c3cccnc3)n[nH]2)CCO1. The van der Waals surface area contributed by atoms with Crippen LogP contribution in [0, 0.1) is 0 Å². The van der Waals surface area contributed by atoms with Crippen molar-refractivity contribution >= 4 is 11.8 Å². The zero-order valence-corrected chi connectivity index (χ0v) is 13.6. The Morgan fingerprint density at radius 3 is 3.00 bits per heavy atom. The number of nitrogens with one attached hydrogen (secondary N) is 2. The fourth-order valence-electron chi connectivity index (χ4n) is 2.71. The molecule has 0 radical (unpaired) electrons. The Morgan fingerprint density at radius 2 is 2.29 bits per heavy atom. The van der Waals surface area contributed by atoms with E-state index in [1.165, 1.54) is 0 Å². The summed E-state index contributed by atoms with van der Waals surface area (Å²) in [6, 6.07) is 5.36. The average molecular weight is 329 g/mol. The number of pyridine rings is 1. The van der Waals surface area contributed by atoms with E-state index in [4.69, 9.17) is 4.74 Å². The van der Waals surface area contributed by atoms with Crippen molar-refractivity contribution in [2.24, 2.45) is 0 Å². The Labute approximate surface area is 139 Å². The summed E-state index contributed by atoms with van der Waals surface area (Å²) in [4.78, 5) is 30.3. The lowest BCUT2D eigenvalue weighted by Gasteiger charge is -2.38. The van der Waals surface area contributed by atoms with Gasteiger partial charge in [0.1, 0.15) is 5.69 Å². The second-order valence-electron chi connectivity index (χ2n) is 5.79. The fraction of sp³-hybridized carbons (Fsp3) is 0.375. The minimum absolute atomic E-state index is 0.187. The first-order valence-corrected chi connectivity index (χ1v) is 7.65. The summed E-state index contributed by atoms with van der Waals surface area (Å²) in [6.45, 7) is 2.60. The third kappa shape index (κ3) is 3.00. The largest absolute Gasteiger partial charge is 0.362 e. The molecule has 0 bridgehead atoms. The first-order valence-electron chi connectivity index (χ1n) is 7.65. The summed E-state index contributed by atoms with van der Waals surface area (Å²) in [5, 5.41) is 9.50. The molecule has 0 aliphatic carbocycles. The number of amides is 2. The Morgan fingerprint density at radius 1 is 1.46 bits per heavy atom. The van der Waals surface area contributed by atoms with Gasteiger partial charge in [-0.25, -0.2) is 0 Å². The van der Waals surface area contributed by atoms with E-state index >= 15 is 0 Å². The van der Waals surface area contributed by atoms with Gasteiger partial charge in [0.15, 0.2) is 5.60 Å². The van der Waals surface area contributed by atoms with Gasteiger partial charge in [0, 0.05) is 31.5 Å². The lowest BCUT2D eigenvalue weighted by molar-refractivity contribution is -0.153. The molecule has 0 aromatic carbocycles. The van der Waals surface area contributed by atoms with Crippen LogP contribution in [0.5, 0.6) is 0 Å². The molecule has 3 heterocycles. The number of carbonyl (C=O) groups excluding carboxylic acids is 2. The minimum Gasteiger partial charge on any atom is -0.362 e. The van der Waals surface area contributed by atoms with E-state index < -0.39 is 5.60 Å². The third-order valence-corrected chi connectivity index (χ3v) is 4.03. The number of hydrogen-bond donors (Lipinski definition) is 2. The van der Waals surface area contributed by atoms with E-state index in [2.05, 4.69) is 20.5 Å². The Kier molecular flexibility index (Phi) is 4.30. The van der Waals surface area contributed by atoms with E-state index in [1.807, 2.05) is 12.1 Å². The van der Waals surface area contributed by atoms with E-state index in [0.717, 1.165) is 5.56 Å². The van der Waals surface area contributed by atoms with Gasteiger partial charge in [0.05, 0.1) is 18.8 Å².